The first kappa shape index (κ1) is 20.5. The van der Waals surface area contributed by atoms with E-state index in [2.05, 4.69) is 20.1 Å². The number of guanidine groups is 1. The van der Waals surface area contributed by atoms with E-state index >= 15 is 0 Å². The number of carbonyl (C=O) groups is 2. The number of nitrogens with one attached hydrogen (secondary N) is 2. The van der Waals surface area contributed by atoms with Gasteiger partial charge in [0, 0.05) is 31.8 Å². The van der Waals surface area contributed by atoms with Gasteiger partial charge in [-0.25, -0.2) is 15.0 Å². The van der Waals surface area contributed by atoms with E-state index in [4.69, 9.17) is 10.8 Å². The summed E-state index contributed by atoms with van der Waals surface area (Å²) < 4.78 is 2.67. The first-order chi connectivity index (χ1) is 11.9. The van der Waals surface area contributed by atoms with E-state index in [1.807, 2.05) is 0 Å². The molecule has 0 heterocycles. The SMILES string of the molecule is CN(C)NC(=Nc1ccc(SNC(=O)CCCC(=O)O)cc1)/N=C/N. The molecule has 0 aromatic heterocycles. The van der Waals surface area contributed by atoms with Gasteiger partial charge in [0.05, 0.1) is 12.0 Å². The quantitative estimate of drug-likeness (QED) is 0.234. The van der Waals surface area contributed by atoms with Crippen molar-refractivity contribution in [2.24, 2.45) is 15.7 Å². The highest BCUT2D eigenvalue weighted by atomic mass is 32.2. The van der Waals surface area contributed by atoms with Crippen molar-refractivity contribution in [3.05, 3.63) is 24.3 Å². The Morgan fingerprint density at radius 1 is 1.28 bits per heavy atom. The average Bonchev–Trinajstić information content (AvgIpc) is 2.53. The van der Waals surface area contributed by atoms with Crippen molar-refractivity contribution in [3.63, 3.8) is 0 Å². The fraction of sp³-hybridized carbons (Fsp3) is 0.333. The summed E-state index contributed by atoms with van der Waals surface area (Å²) >= 11 is 1.17. The Balaban J connectivity index is 2.55. The molecule has 1 aromatic rings. The summed E-state index contributed by atoms with van der Waals surface area (Å²) in [5.74, 6) is -0.763. The molecule has 0 saturated carbocycles. The van der Waals surface area contributed by atoms with Crippen molar-refractivity contribution in [2.45, 2.75) is 24.2 Å². The Morgan fingerprint density at radius 2 is 1.96 bits per heavy atom. The molecule has 1 amide bonds. The lowest BCUT2D eigenvalue weighted by Crippen LogP contribution is -2.35. The average molecular weight is 366 g/mol. The number of hydrogen-bond donors (Lipinski definition) is 4. The van der Waals surface area contributed by atoms with E-state index in [1.165, 1.54) is 11.9 Å². The Morgan fingerprint density at radius 3 is 2.52 bits per heavy atom. The molecule has 0 aliphatic rings. The van der Waals surface area contributed by atoms with Gasteiger partial charge in [-0.3, -0.25) is 19.7 Å². The van der Waals surface area contributed by atoms with Gasteiger partial charge in [0.15, 0.2) is 0 Å². The summed E-state index contributed by atoms with van der Waals surface area (Å²) in [6.07, 6.45) is 1.63. The van der Waals surface area contributed by atoms with Crippen molar-refractivity contribution >= 4 is 41.8 Å². The third kappa shape index (κ3) is 9.33. The van der Waals surface area contributed by atoms with Crippen LogP contribution in [0.4, 0.5) is 5.69 Å². The van der Waals surface area contributed by atoms with Crippen LogP contribution in [-0.2, 0) is 9.59 Å². The molecular weight excluding hydrogens is 344 g/mol. The van der Waals surface area contributed by atoms with Gasteiger partial charge in [0.25, 0.3) is 0 Å². The lowest BCUT2D eigenvalue weighted by molar-refractivity contribution is -0.137. The lowest BCUT2D eigenvalue weighted by Gasteiger charge is -2.12. The topological polar surface area (TPSA) is 132 Å². The molecule has 5 N–H and O–H groups in total. The number of hydrogen-bond acceptors (Lipinski definition) is 5. The highest BCUT2D eigenvalue weighted by molar-refractivity contribution is 7.98. The third-order valence-electron chi connectivity index (χ3n) is 2.67. The number of carbonyl (C=O) groups excluding carboxylic acids is 1. The van der Waals surface area contributed by atoms with E-state index in [1.54, 1.807) is 43.4 Å². The Bertz CT molecular complexity index is 631. The maximum absolute atomic E-state index is 11.6. The molecule has 0 spiro atoms. The standard InChI is InChI=1S/C15H22N6O3S/c1-21(2)19-15(17-10-16)18-11-6-8-12(9-7-11)25-20-13(22)4-3-5-14(23)24/h6-10H,3-5H2,1-2H3,(H,20,22)(H,23,24)(H3,16,17,18,19). The van der Waals surface area contributed by atoms with Crippen LogP contribution < -0.4 is 15.9 Å². The Hall–Kier alpha value is -2.59. The second kappa shape index (κ2) is 11.0. The lowest BCUT2D eigenvalue weighted by atomic mass is 10.2. The molecule has 0 saturated heterocycles. The van der Waals surface area contributed by atoms with Crippen LogP contribution in [0.1, 0.15) is 19.3 Å². The Kier molecular flexibility index (Phi) is 9.04. The van der Waals surface area contributed by atoms with E-state index in [9.17, 15) is 9.59 Å². The smallest absolute Gasteiger partial charge is 0.303 e. The summed E-state index contributed by atoms with van der Waals surface area (Å²) in [6.45, 7) is 0. The second-order valence-corrected chi connectivity index (χ2v) is 5.97. The number of benzene rings is 1. The number of aliphatic carboxylic acids is 1. The largest absolute Gasteiger partial charge is 0.481 e. The molecule has 1 aromatic carbocycles. The number of aliphatic imine (C=N–C) groups is 2. The maximum atomic E-state index is 11.6. The number of nitrogens with zero attached hydrogens (tertiary/aromatic N) is 3. The zero-order valence-electron chi connectivity index (χ0n) is 14.1. The minimum atomic E-state index is -0.904. The van der Waals surface area contributed by atoms with Crippen LogP contribution in [0, 0.1) is 0 Å². The van der Waals surface area contributed by atoms with Gasteiger partial charge in [-0.05, 0) is 42.6 Å². The van der Waals surface area contributed by atoms with Crippen molar-refractivity contribution in [1.29, 1.82) is 0 Å². The first-order valence-electron chi connectivity index (χ1n) is 7.45. The molecular formula is C15H22N6O3S. The number of hydrazine groups is 1. The monoisotopic (exact) mass is 366 g/mol. The molecule has 0 aliphatic carbocycles. The van der Waals surface area contributed by atoms with Crippen LogP contribution in [0.2, 0.25) is 0 Å². The zero-order valence-corrected chi connectivity index (χ0v) is 14.9. The minimum Gasteiger partial charge on any atom is -0.481 e. The number of rotatable bonds is 8. The second-order valence-electron chi connectivity index (χ2n) is 5.09. The predicted octanol–water partition coefficient (Wildman–Crippen LogP) is 1.11. The van der Waals surface area contributed by atoms with Gasteiger partial charge in [-0.1, -0.05) is 0 Å². The van der Waals surface area contributed by atoms with Crippen LogP contribution in [0.25, 0.3) is 0 Å². The molecule has 136 valence electrons. The molecule has 0 aliphatic heterocycles. The molecule has 0 bridgehead atoms. The van der Waals surface area contributed by atoms with E-state index in [-0.39, 0.29) is 18.7 Å². The third-order valence-corrected chi connectivity index (χ3v) is 3.51. The van der Waals surface area contributed by atoms with Crippen molar-refractivity contribution in [3.8, 4) is 0 Å². The van der Waals surface area contributed by atoms with Crippen LogP contribution in [-0.4, -0.2) is 48.4 Å². The molecule has 0 fully saturated rings. The summed E-state index contributed by atoms with van der Waals surface area (Å²) in [4.78, 5) is 31.1. The van der Waals surface area contributed by atoms with Crippen LogP contribution in [0.3, 0.4) is 0 Å². The molecule has 1 rings (SSSR count). The van der Waals surface area contributed by atoms with Crippen LogP contribution in [0.5, 0.6) is 0 Å². The number of nitrogens with two attached hydrogens (primary N) is 1. The number of carboxylic acid groups (broad SMARTS) is 1. The molecule has 9 nitrogen and oxygen atoms in total. The highest BCUT2D eigenvalue weighted by Crippen LogP contribution is 2.20. The van der Waals surface area contributed by atoms with Crippen molar-refractivity contribution in [2.75, 3.05) is 14.1 Å². The van der Waals surface area contributed by atoms with Crippen LogP contribution >= 0.6 is 11.9 Å². The minimum absolute atomic E-state index is 0.0145. The molecule has 0 radical (unpaired) electrons. The van der Waals surface area contributed by atoms with E-state index < -0.39 is 5.97 Å². The summed E-state index contributed by atoms with van der Waals surface area (Å²) in [6, 6.07) is 7.17. The molecule has 10 heteroatoms. The van der Waals surface area contributed by atoms with Gasteiger partial charge in [-0.15, -0.1) is 0 Å². The molecule has 0 unspecified atom stereocenters. The fourth-order valence-corrected chi connectivity index (χ4v) is 2.24. The summed E-state index contributed by atoms with van der Waals surface area (Å²) in [7, 11) is 3.61. The number of amides is 1. The fourth-order valence-electron chi connectivity index (χ4n) is 1.63. The zero-order chi connectivity index (χ0) is 18.7. The van der Waals surface area contributed by atoms with Crippen molar-refractivity contribution in [1.82, 2.24) is 15.2 Å². The summed E-state index contributed by atoms with van der Waals surface area (Å²) in [5.41, 5.74) is 8.88. The van der Waals surface area contributed by atoms with Gasteiger partial charge < -0.3 is 10.8 Å². The van der Waals surface area contributed by atoms with Crippen LogP contribution in [0.15, 0.2) is 39.1 Å². The molecule has 0 atom stereocenters. The van der Waals surface area contributed by atoms with Gasteiger partial charge in [0.1, 0.15) is 0 Å². The predicted molar refractivity (Wildman–Crippen MR) is 98.5 cm³/mol. The highest BCUT2D eigenvalue weighted by Gasteiger charge is 2.05. The Labute approximate surface area is 150 Å². The first-order valence-corrected chi connectivity index (χ1v) is 8.27. The number of carboxylic acids is 1. The van der Waals surface area contributed by atoms with Gasteiger partial charge in [0.2, 0.25) is 11.9 Å². The van der Waals surface area contributed by atoms with E-state index in [0.717, 1.165) is 11.2 Å². The van der Waals surface area contributed by atoms with Gasteiger partial charge in [-0.2, -0.15) is 0 Å². The van der Waals surface area contributed by atoms with Gasteiger partial charge >= 0.3 is 5.97 Å². The maximum Gasteiger partial charge on any atom is 0.303 e. The van der Waals surface area contributed by atoms with E-state index in [0.29, 0.717) is 18.1 Å². The molecule has 25 heavy (non-hydrogen) atoms. The summed E-state index contributed by atoms with van der Waals surface area (Å²) in [5, 5.41) is 10.2. The van der Waals surface area contributed by atoms with Crippen molar-refractivity contribution < 1.29 is 14.7 Å². The normalized spacial score (nSPS) is 11.7.